The molecule has 1 unspecified atom stereocenters. The van der Waals surface area contributed by atoms with E-state index in [2.05, 4.69) is 0 Å². The van der Waals surface area contributed by atoms with Gasteiger partial charge in [0, 0.05) is 5.56 Å². The molecule has 120 valence electrons. The van der Waals surface area contributed by atoms with Crippen molar-refractivity contribution in [2.75, 3.05) is 20.3 Å². The first kappa shape index (κ1) is 16.2. The topological polar surface area (TPSA) is 44.8 Å². The molecule has 1 heterocycles. The number of halogens is 3. The Balaban J connectivity index is 2.46. The number of rotatable bonds is 4. The summed E-state index contributed by atoms with van der Waals surface area (Å²) in [6.07, 6.45) is -4.57. The molecule has 1 aliphatic heterocycles. The van der Waals surface area contributed by atoms with Crippen LogP contribution in [0.3, 0.4) is 0 Å². The molecule has 0 amide bonds. The molecule has 7 heteroatoms. The molecular weight excluding hydrogens is 301 g/mol. The van der Waals surface area contributed by atoms with Crippen molar-refractivity contribution in [1.82, 2.24) is 0 Å². The van der Waals surface area contributed by atoms with E-state index in [4.69, 9.17) is 14.2 Å². The van der Waals surface area contributed by atoms with Crippen molar-refractivity contribution in [2.24, 2.45) is 5.92 Å². The quantitative estimate of drug-likeness (QED) is 0.800. The molecule has 0 N–H and O–H groups in total. The fraction of sp³-hybridized carbons (Fsp3) is 0.400. The number of carbonyl (C=O) groups is 1. The Morgan fingerprint density at radius 2 is 1.95 bits per heavy atom. The summed E-state index contributed by atoms with van der Waals surface area (Å²) in [6.45, 7) is 0.895. The molecule has 1 aliphatic rings. The number of hydrogen-bond acceptors (Lipinski definition) is 4. The third-order valence-corrected chi connectivity index (χ3v) is 3.23. The Hall–Kier alpha value is -2.18. The number of methoxy groups -OCH3 is 1. The summed E-state index contributed by atoms with van der Waals surface area (Å²) in [6, 6.07) is 6.23. The summed E-state index contributed by atoms with van der Waals surface area (Å²) in [5.74, 6) is -2.53. The van der Waals surface area contributed by atoms with Gasteiger partial charge in [0.25, 0.3) is 0 Å². The van der Waals surface area contributed by atoms with Gasteiger partial charge in [-0.15, -0.1) is 0 Å². The Kier molecular flexibility index (Phi) is 4.63. The Bertz CT molecular complexity index is 575. The van der Waals surface area contributed by atoms with Crippen LogP contribution >= 0.6 is 0 Å². The number of esters is 1. The maximum Gasteiger partial charge on any atom is 0.399 e. The lowest BCUT2D eigenvalue weighted by Gasteiger charge is -2.15. The Morgan fingerprint density at radius 3 is 2.45 bits per heavy atom. The van der Waals surface area contributed by atoms with Crippen LogP contribution in [0.25, 0.3) is 5.76 Å². The van der Waals surface area contributed by atoms with Gasteiger partial charge in [-0.3, -0.25) is 0 Å². The summed E-state index contributed by atoms with van der Waals surface area (Å²) in [5, 5.41) is 0. The van der Waals surface area contributed by atoms with E-state index in [0.29, 0.717) is 11.3 Å². The Labute approximate surface area is 125 Å². The molecule has 0 radical (unpaired) electrons. The maximum absolute atomic E-state index is 13.1. The largest absolute Gasteiger partial charge is 0.497 e. The number of alkyl halides is 3. The SMILES string of the molecule is CCOC(=O)C1=C(c2ccc(OC)cc2)OCC1C(F)(F)F. The molecule has 0 aromatic heterocycles. The third kappa shape index (κ3) is 3.18. The van der Waals surface area contributed by atoms with Gasteiger partial charge in [0.05, 0.1) is 19.3 Å². The van der Waals surface area contributed by atoms with E-state index in [1.165, 1.54) is 26.2 Å². The van der Waals surface area contributed by atoms with Crippen molar-refractivity contribution >= 4 is 11.7 Å². The van der Waals surface area contributed by atoms with Gasteiger partial charge >= 0.3 is 12.1 Å². The fourth-order valence-electron chi connectivity index (χ4n) is 2.17. The van der Waals surface area contributed by atoms with Gasteiger partial charge in [-0.1, -0.05) is 0 Å². The van der Waals surface area contributed by atoms with Crippen LogP contribution in [0.4, 0.5) is 13.2 Å². The zero-order valence-electron chi connectivity index (χ0n) is 12.1. The normalized spacial score (nSPS) is 18.1. The maximum atomic E-state index is 13.1. The predicted octanol–water partition coefficient (Wildman–Crippen LogP) is 3.18. The van der Waals surface area contributed by atoms with E-state index in [1.54, 1.807) is 12.1 Å². The molecule has 0 fully saturated rings. The molecule has 4 nitrogen and oxygen atoms in total. The van der Waals surface area contributed by atoms with Crippen LogP contribution in [-0.4, -0.2) is 32.5 Å². The fourth-order valence-corrected chi connectivity index (χ4v) is 2.17. The zero-order valence-corrected chi connectivity index (χ0v) is 12.1. The lowest BCUT2D eigenvalue weighted by atomic mass is 9.98. The lowest BCUT2D eigenvalue weighted by Crippen LogP contribution is -2.29. The van der Waals surface area contributed by atoms with E-state index in [0.717, 1.165) is 0 Å². The molecular formula is C15H15F3O4. The number of carbonyl (C=O) groups excluding carboxylic acids is 1. The van der Waals surface area contributed by atoms with Crippen molar-refractivity contribution in [3.63, 3.8) is 0 Å². The van der Waals surface area contributed by atoms with Crippen molar-refractivity contribution < 1.29 is 32.2 Å². The van der Waals surface area contributed by atoms with E-state index in [9.17, 15) is 18.0 Å². The smallest absolute Gasteiger partial charge is 0.399 e. The highest BCUT2D eigenvalue weighted by atomic mass is 19.4. The second-order valence-electron chi connectivity index (χ2n) is 4.60. The van der Waals surface area contributed by atoms with Crippen LogP contribution in [0.15, 0.2) is 29.8 Å². The number of hydrogen-bond donors (Lipinski definition) is 0. The summed E-state index contributed by atoms with van der Waals surface area (Å²) in [4.78, 5) is 11.9. The molecule has 1 aromatic rings. The minimum Gasteiger partial charge on any atom is -0.497 e. The van der Waals surface area contributed by atoms with Crippen molar-refractivity contribution in [3.8, 4) is 5.75 Å². The minimum atomic E-state index is -4.57. The average Bonchev–Trinajstić information content (AvgIpc) is 2.92. The molecule has 2 rings (SSSR count). The van der Waals surface area contributed by atoms with Crippen molar-refractivity contribution in [1.29, 1.82) is 0 Å². The molecule has 1 atom stereocenters. The molecule has 0 spiro atoms. The molecule has 22 heavy (non-hydrogen) atoms. The first-order valence-corrected chi connectivity index (χ1v) is 6.63. The monoisotopic (exact) mass is 316 g/mol. The average molecular weight is 316 g/mol. The van der Waals surface area contributed by atoms with Crippen LogP contribution < -0.4 is 4.74 Å². The second-order valence-corrected chi connectivity index (χ2v) is 4.60. The lowest BCUT2D eigenvalue weighted by molar-refractivity contribution is -0.172. The Morgan fingerprint density at radius 1 is 1.32 bits per heavy atom. The van der Waals surface area contributed by atoms with E-state index < -0.39 is 30.2 Å². The van der Waals surface area contributed by atoms with Gasteiger partial charge in [-0.25, -0.2) is 4.79 Å². The van der Waals surface area contributed by atoms with Gasteiger partial charge in [0.15, 0.2) is 0 Å². The van der Waals surface area contributed by atoms with Gasteiger partial charge in [0.1, 0.15) is 24.0 Å². The summed E-state index contributed by atoms with van der Waals surface area (Å²) in [5.41, 5.74) is -0.116. The summed E-state index contributed by atoms with van der Waals surface area (Å²) < 4.78 is 54.1. The highest BCUT2D eigenvalue weighted by Gasteiger charge is 2.50. The van der Waals surface area contributed by atoms with E-state index >= 15 is 0 Å². The summed E-state index contributed by atoms with van der Waals surface area (Å²) >= 11 is 0. The van der Waals surface area contributed by atoms with Gasteiger partial charge in [-0.05, 0) is 31.2 Å². The van der Waals surface area contributed by atoms with Crippen LogP contribution in [0, 0.1) is 5.92 Å². The standard InChI is InChI=1S/C15H15F3O4/c1-3-21-14(19)12-11(15(16,17)18)8-22-13(12)9-4-6-10(20-2)7-5-9/h4-7,11H,3,8H2,1-2H3. The third-order valence-electron chi connectivity index (χ3n) is 3.23. The molecule has 1 aromatic carbocycles. The zero-order chi connectivity index (χ0) is 16.3. The van der Waals surface area contributed by atoms with E-state index in [-0.39, 0.29) is 12.4 Å². The van der Waals surface area contributed by atoms with E-state index in [1.807, 2.05) is 0 Å². The van der Waals surface area contributed by atoms with Gasteiger partial charge in [0.2, 0.25) is 0 Å². The second kappa shape index (κ2) is 6.29. The van der Waals surface area contributed by atoms with Crippen molar-refractivity contribution in [2.45, 2.75) is 13.1 Å². The number of benzene rings is 1. The predicted molar refractivity (Wildman–Crippen MR) is 72.0 cm³/mol. The van der Waals surface area contributed by atoms with Gasteiger partial charge < -0.3 is 14.2 Å². The van der Waals surface area contributed by atoms with Crippen LogP contribution in [-0.2, 0) is 14.3 Å². The first-order chi connectivity index (χ1) is 10.4. The molecule has 0 saturated carbocycles. The summed E-state index contributed by atoms with van der Waals surface area (Å²) in [7, 11) is 1.48. The van der Waals surface area contributed by atoms with Crippen molar-refractivity contribution in [3.05, 3.63) is 35.4 Å². The van der Waals surface area contributed by atoms with Gasteiger partial charge in [-0.2, -0.15) is 13.2 Å². The highest BCUT2D eigenvalue weighted by molar-refractivity contribution is 5.98. The van der Waals surface area contributed by atoms with Crippen LogP contribution in [0.1, 0.15) is 12.5 Å². The molecule has 0 bridgehead atoms. The minimum absolute atomic E-state index is 0.0111. The number of ether oxygens (including phenoxy) is 3. The van der Waals surface area contributed by atoms with Crippen LogP contribution in [0.2, 0.25) is 0 Å². The highest BCUT2D eigenvalue weighted by Crippen LogP contribution is 2.42. The molecule has 0 saturated heterocycles. The first-order valence-electron chi connectivity index (χ1n) is 6.63. The van der Waals surface area contributed by atoms with Crippen LogP contribution in [0.5, 0.6) is 5.75 Å². The molecule has 0 aliphatic carbocycles.